The summed E-state index contributed by atoms with van der Waals surface area (Å²) in [5.74, 6) is 0. The molecule has 0 unspecified atom stereocenters. The summed E-state index contributed by atoms with van der Waals surface area (Å²) < 4.78 is 8.91. The molecule has 2 heterocycles. The van der Waals surface area contributed by atoms with Gasteiger partial charge in [0.05, 0.1) is 10.9 Å². The van der Waals surface area contributed by atoms with Gasteiger partial charge in [-0.3, -0.25) is 0 Å². The molecule has 270 valence electrons. The molecule has 1 aliphatic rings. The average molecular weight is 731 g/mol. The molecular weight excluding hydrogens is 693 g/mol. The number of furan rings is 1. The van der Waals surface area contributed by atoms with Crippen molar-refractivity contribution in [1.82, 2.24) is 4.57 Å². The van der Waals surface area contributed by atoms with Gasteiger partial charge in [-0.2, -0.15) is 0 Å². The van der Waals surface area contributed by atoms with E-state index < -0.39 is 0 Å². The quantitative estimate of drug-likeness (QED) is 0.163. The lowest BCUT2D eigenvalue weighted by molar-refractivity contribution is 0.670. The number of para-hydroxylation sites is 3. The van der Waals surface area contributed by atoms with E-state index in [1.807, 2.05) is 12.1 Å². The summed E-state index contributed by atoms with van der Waals surface area (Å²) in [5, 5.41) is 6.06. The van der Waals surface area contributed by atoms with Crippen molar-refractivity contribution in [3.05, 3.63) is 211 Å². The SMILES string of the molecule is C1=c2c(c3ccccc3n2-c2ccc(-c3ccccc3)cc2)=C(N(c2ccc(-c3ccccc3)cc2)c2ccc(-c3cccc4c3oc3ccccc34)cc2)CC1. The first-order valence-electron chi connectivity index (χ1n) is 19.7. The second-order valence-corrected chi connectivity index (χ2v) is 14.8. The average Bonchev–Trinajstić information content (AvgIpc) is 3.84. The maximum Gasteiger partial charge on any atom is 0.143 e. The van der Waals surface area contributed by atoms with Crippen LogP contribution in [0.1, 0.15) is 12.8 Å². The first-order chi connectivity index (χ1) is 28.3. The van der Waals surface area contributed by atoms with Gasteiger partial charge in [-0.05, 0) is 89.2 Å². The predicted molar refractivity (Wildman–Crippen MR) is 238 cm³/mol. The molecular formula is C54H38N2O. The van der Waals surface area contributed by atoms with Crippen LogP contribution in [0.3, 0.4) is 0 Å². The highest BCUT2D eigenvalue weighted by Crippen LogP contribution is 2.39. The Bertz CT molecular complexity index is 3190. The Balaban J connectivity index is 1.09. The number of nitrogens with zero attached hydrogens (tertiary/aromatic N) is 2. The van der Waals surface area contributed by atoms with Crippen LogP contribution in [0, 0.1) is 0 Å². The monoisotopic (exact) mass is 730 g/mol. The Morgan fingerprint density at radius 1 is 0.439 bits per heavy atom. The Labute approximate surface area is 331 Å². The van der Waals surface area contributed by atoms with E-state index in [9.17, 15) is 0 Å². The number of anilines is 2. The molecule has 10 aromatic rings. The highest BCUT2D eigenvalue weighted by atomic mass is 16.3. The van der Waals surface area contributed by atoms with Crippen LogP contribution in [0.5, 0.6) is 0 Å². The molecule has 0 N–H and O–H groups in total. The Kier molecular flexibility index (Phi) is 7.96. The Morgan fingerprint density at radius 2 is 0.982 bits per heavy atom. The van der Waals surface area contributed by atoms with E-state index in [0.29, 0.717) is 0 Å². The number of hydrogen-bond donors (Lipinski definition) is 0. The molecule has 0 bridgehead atoms. The fourth-order valence-electron chi connectivity index (χ4n) is 8.82. The van der Waals surface area contributed by atoms with Crippen molar-refractivity contribution >= 4 is 56.0 Å². The van der Waals surface area contributed by atoms with Crippen LogP contribution < -0.4 is 15.5 Å². The van der Waals surface area contributed by atoms with E-state index in [2.05, 4.69) is 204 Å². The number of aromatic nitrogens is 1. The maximum absolute atomic E-state index is 6.46. The Morgan fingerprint density at radius 3 is 1.67 bits per heavy atom. The first kappa shape index (κ1) is 33.0. The van der Waals surface area contributed by atoms with Crippen LogP contribution in [-0.2, 0) is 0 Å². The molecule has 0 aliphatic heterocycles. The van der Waals surface area contributed by atoms with Crippen molar-refractivity contribution in [3.8, 4) is 39.1 Å². The summed E-state index contributed by atoms with van der Waals surface area (Å²) in [6.45, 7) is 0. The highest BCUT2D eigenvalue weighted by molar-refractivity contribution is 6.09. The lowest BCUT2D eigenvalue weighted by Gasteiger charge is -2.29. The molecule has 2 aromatic heterocycles. The molecule has 0 atom stereocenters. The predicted octanol–water partition coefficient (Wildman–Crippen LogP) is 13.1. The van der Waals surface area contributed by atoms with Gasteiger partial charge in [0.2, 0.25) is 0 Å². The summed E-state index contributed by atoms with van der Waals surface area (Å²) >= 11 is 0. The minimum Gasteiger partial charge on any atom is -0.455 e. The summed E-state index contributed by atoms with van der Waals surface area (Å²) in [6.07, 6.45) is 4.28. The number of benzene rings is 8. The van der Waals surface area contributed by atoms with Gasteiger partial charge in [-0.25, -0.2) is 0 Å². The van der Waals surface area contributed by atoms with Crippen LogP contribution in [0.4, 0.5) is 11.4 Å². The van der Waals surface area contributed by atoms with Gasteiger partial charge >= 0.3 is 0 Å². The smallest absolute Gasteiger partial charge is 0.143 e. The lowest BCUT2D eigenvalue weighted by Crippen LogP contribution is -2.37. The first-order valence-corrected chi connectivity index (χ1v) is 19.7. The second-order valence-electron chi connectivity index (χ2n) is 14.8. The Hall–Kier alpha value is -7.36. The number of rotatable bonds is 7. The van der Waals surface area contributed by atoms with Gasteiger partial charge in [-0.1, -0.05) is 158 Å². The molecule has 0 amide bonds. The molecule has 11 rings (SSSR count). The lowest BCUT2D eigenvalue weighted by atomic mass is 10.00. The zero-order valence-electron chi connectivity index (χ0n) is 31.3. The molecule has 0 radical (unpaired) electrons. The third kappa shape index (κ3) is 5.67. The molecule has 57 heavy (non-hydrogen) atoms. The van der Waals surface area contributed by atoms with Crippen LogP contribution in [0.2, 0.25) is 0 Å². The fraction of sp³-hybridized carbons (Fsp3) is 0.0370. The minimum absolute atomic E-state index is 0.911. The molecule has 3 heteroatoms. The van der Waals surface area contributed by atoms with Gasteiger partial charge in [0, 0.05) is 49.7 Å². The summed E-state index contributed by atoms with van der Waals surface area (Å²) in [4.78, 5) is 2.49. The van der Waals surface area contributed by atoms with Crippen molar-refractivity contribution < 1.29 is 4.42 Å². The normalized spacial score (nSPS) is 12.5. The van der Waals surface area contributed by atoms with E-state index in [4.69, 9.17) is 4.42 Å². The molecule has 8 aromatic carbocycles. The fourth-order valence-corrected chi connectivity index (χ4v) is 8.82. The third-order valence-electron chi connectivity index (χ3n) is 11.5. The van der Waals surface area contributed by atoms with E-state index in [-0.39, 0.29) is 0 Å². The van der Waals surface area contributed by atoms with Gasteiger partial charge in [0.15, 0.2) is 0 Å². The largest absolute Gasteiger partial charge is 0.455 e. The van der Waals surface area contributed by atoms with E-state index in [1.165, 1.54) is 49.4 Å². The maximum atomic E-state index is 6.46. The van der Waals surface area contributed by atoms with E-state index in [1.54, 1.807) is 0 Å². The molecule has 0 fully saturated rings. The molecule has 0 saturated carbocycles. The van der Waals surface area contributed by atoms with Crippen LogP contribution in [0.25, 0.3) is 83.7 Å². The van der Waals surface area contributed by atoms with Crippen molar-refractivity contribution in [2.45, 2.75) is 12.8 Å². The van der Waals surface area contributed by atoms with Gasteiger partial charge in [-0.15, -0.1) is 0 Å². The number of hydrogen-bond acceptors (Lipinski definition) is 2. The van der Waals surface area contributed by atoms with Crippen LogP contribution >= 0.6 is 0 Å². The third-order valence-corrected chi connectivity index (χ3v) is 11.5. The van der Waals surface area contributed by atoms with E-state index in [0.717, 1.165) is 63.0 Å². The van der Waals surface area contributed by atoms with Gasteiger partial charge in [0.1, 0.15) is 11.2 Å². The minimum atomic E-state index is 0.911. The zero-order valence-corrected chi connectivity index (χ0v) is 31.3. The number of fused-ring (bicyclic) bond motifs is 6. The summed E-state index contributed by atoms with van der Waals surface area (Å²) in [5.41, 5.74) is 14.8. The summed E-state index contributed by atoms with van der Waals surface area (Å²) in [6, 6.07) is 72.0. The topological polar surface area (TPSA) is 21.3 Å². The van der Waals surface area contributed by atoms with Crippen molar-refractivity contribution in [2.24, 2.45) is 0 Å². The molecule has 3 nitrogen and oxygen atoms in total. The zero-order chi connectivity index (χ0) is 37.7. The van der Waals surface area contributed by atoms with E-state index >= 15 is 0 Å². The van der Waals surface area contributed by atoms with Crippen molar-refractivity contribution in [1.29, 1.82) is 0 Å². The molecule has 0 saturated heterocycles. The second kappa shape index (κ2) is 13.7. The van der Waals surface area contributed by atoms with Crippen LogP contribution in [-0.4, -0.2) is 4.57 Å². The highest BCUT2D eigenvalue weighted by Gasteiger charge is 2.23. The molecule has 0 spiro atoms. The summed E-state index contributed by atoms with van der Waals surface area (Å²) in [7, 11) is 0. The van der Waals surface area contributed by atoms with Crippen molar-refractivity contribution in [3.63, 3.8) is 0 Å². The van der Waals surface area contributed by atoms with Gasteiger partial charge in [0.25, 0.3) is 0 Å². The van der Waals surface area contributed by atoms with Gasteiger partial charge < -0.3 is 13.9 Å². The molecule has 1 aliphatic carbocycles. The van der Waals surface area contributed by atoms with Crippen LogP contribution in [0.15, 0.2) is 205 Å². The van der Waals surface area contributed by atoms with Crippen molar-refractivity contribution in [2.75, 3.05) is 4.90 Å². The standard InChI is InChI=1S/C54H38N2O/c1-3-13-37(14-4-1)39-25-31-42(32-26-39)55(43-35-29-41(30-36-43)45-19-11-20-47-46-17-8-10-24-52(46)57-54(45)47)50-22-12-23-51-53(50)48-18-7-9-21-49(48)56(51)44-33-27-40(28-34-44)38-15-5-2-6-16-38/h1-11,13-21,23-36H,12,22H2.